The third-order valence-corrected chi connectivity index (χ3v) is 2.68. The third kappa shape index (κ3) is 3.42. The highest BCUT2D eigenvalue weighted by Crippen LogP contribution is 2.24. The van der Waals surface area contributed by atoms with Gasteiger partial charge in [0, 0.05) is 6.54 Å². The van der Waals surface area contributed by atoms with E-state index in [0.717, 1.165) is 0 Å². The molecule has 7 nitrogen and oxygen atoms in total. The lowest BCUT2D eigenvalue weighted by Gasteiger charge is -2.08. The fourth-order valence-corrected chi connectivity index (χ4v) is 1.61. The molecule has 1 aromatic carbocycles. The number of amides is 1. The lowest BCUT2D eigenvalue weighted by atomic mass is 10.2. The fourth-order valence-electron chi connectivity index (χ4n) is 1.61. The first-order valence-electron chi connectivity index (χ1n) is 6.03. The molecule has 0 spiro atoms. The van der Waals surface area contributed by atoms with Crippen molar-refractivity contribution in [3.05, 3.63) is 47.2 Å². The second-order valence-electron chi connectivity index (χ2n) is 4.17. The zero-order valence-electron chi connectivity index (χ0n) is 10.9. The maximum atomic E-state index is 12.8. The molecule has 5 N–H and O–H groups in total. The zero-order valence-corrected chi connectivity index (χ0v) is 10.9. The Kier molecular flexibility index (Phi) is 4.29. The van der Waals surface area contributed by atoms with E-state index in [4.69, 9.17) is 5.73 Å². The van der Waals surface area contributed by atoms with Gasteiger partial charge in [0.2, 0.25) is 5.75 Å². The smallest absolute Gasteiger partial charge is 0.274 e. The highest BCUT2D eigenvalue weighted by atomic mass is 19.1. The summed E-state index contributed by atoms with van der Waals surface area (Å²) in [6.07, 6.45) is 0. The van der Waals surface area contributed by atoms with Crippen molar-refractivity contribution in [2.24, 2.45) is 5.73 Å². The molecule has 110 valence electrons. The number of aromatic nitrogens is 2. The lowest BCUT2D eigenvalue weighted by Crippen LogP contribution is -2.25. The van der Waals surface area contributed by atoms with Gasteiger partial charge in [-0.25, -0.2) is 9.37 Å². The van der Waals surface area contributed by atoms with E-state index in [1.165, 1.54) is 24.3 Å². The Bertz CT molecular complexity index is 661. The Morgan fingerprint density at radius 1 is 1.24 bits per heavy atom. The van der Waals surface area contributed by atoms with Gasteiger partial charge in [0.25, 0.3) is 11.8 Å². The van der Waals surface area contributed by atoms with Gasteiger partial charge in [-0.1, -0.05) is 12.1 Å². The largest absolute Gasteiger partial charge is 0.501 e. The number of hydrogen-bond donors (Lipinski definition) is 4. The molecule has 2 rings (SSSR count). The monoisotopic (exact) mass is 292 g/mol. The van der Waals surface area contributed by atoms with Gasteiger partial charge in [-0.15, -0.1) is 0 Å². The maximum Gasteiger partial charge on any atom is 0.274 e. The molecule has 0 saturated heterocycles. The van der Waals surface area contributed by atoms with Gasteiger partial charge in [0.15, 0.2) is 5.69 Å². The Morgan fingerprint density at radius 3 is 2.52 bits per heavy atom. The first-order chi connectivity index (χ1) is 10.0. The molecular weight excluding hydrogens is 279 g/mol. The van der Waals surface area contributed by atoms with Crippen molar-refractivity contribution < 1.29 is 19.4 Å². The molecule has 0 unspecified atom stereocenters. The van der Waals surface area contributed by atoms with Crippen LogP contribution in [-0.2, 0) is 13.1 Å². The van der Waals surface area contributed by atoms with E-state index in [0.29, 0.717) is 5.56 Å². The minimum atomic E-state index is -0.719. The molecule has 0 atom stereocenters. The minimum Gasteiger partial charge on any atom is -0.501 e. The summed E-state index contributed by atoms with van der Waals surface area (Å²) < 4.78 is 12.8. The van der Waals surface area contributed by atoms with Crippen LogP contribution in [0.5, 0.6) is 11.6 Å². The predicted molar refractivity (Wildman–Crippen MR) is 70.8 cm³/mol. The van der Waals surface area contributed by atoms with Crippen LogP contribution in [-0.4, -0.2) is 26.1 Å². The van der Waals surface area contributed by atoms with Crippen molar-refractivity contribution in [1.29, 1.82) is 0 Å². The number of nitrogens with zero attached hydrogens (tertiary/aromatic N) is 2. The molecule has 1 heterocycles. The van der Waals surface area contributed by atoms with Crippen LogP contribution in [0.2, 0.25) is 0 Å². The quantitative estimate of drug-likeness (QED) is 0.648. The van der Waals surface area contributed by atoms with Gasteiger partial charge >= 0.3 is 0 Å². The standard InChI is InChI=1S/C13H13FN4O3/c14-8-3-1-7(2-4-8)6-16-12(20)10-11(19)13(21)18-9(5-15)17-10/h1-4,19H,5-6,15H2,(H,16,20)(H,17,18,21). The molecule has 0 aliphatic heterocycles. The van der Waals surface area contributed by atoms with Crippen molar-refractivity contribution in [3.8, 4) is 11.6 Å². The molecule has 0 saturated carbocycles. The summed E-state index contributed by atoms with van der Waals surface area (Å²) in [5.41, 5.74) is 5.63. The van der Waals surface area contributed by atoms with Gasteiger partial charge in [0.05, 0.1) is 6.54 Å². The Balaban J connectivity index is 2.13. The molecule has 1 aromatic heterocycles. The second-order valence-corrected chi connectivity index (χ2v) is 4.17. The number of nitrogens with one attached hydrogen (secondary N) is 1. The van der Waals surface area contributed by atoms with Crippen molar-refractivity contribution in [3.63, 3.8) is 0 Å². The van der Waals surface area contributed by atoms with E-state index >= 15 is 0 Å². The van der Waals surface area contributed by atoms with E-state index in [9.17, 15) is 19.4 Å². The van der Waals surface area contributed by atoms with Gasteiger partial charge in [-0.3, -0.25) is 4.79 Å². The molecule has 2 aromatic rings. The average molecular weight is 292 g/mol. The Morgan fingerprint density at radius 2 is 1.90 bits per heavy atom. The van der Waals surface area contributed by atoms with E-state index in [1.807, 2.05) is 0 Å². The Hall–Kier alpha value is -2.74. The highest BCUT2D eigenvalue weighted by Gasteiger charge is 2.18. The molecule has 0 fully saturated rings. The summed E-state index contributed by atoms with van der Waals surface area (Å²) in [7, 11) is 0. The summed E-state index contributed by atoms with van der Waals surface area (Å²) in [6, 6.07) is 5.56. The van der Waals surface area contributed by atoms with Crippen LogP contribution in [0.3, 0.4) is 0 Å². The number of nitrogens with two attached hydrogens (primary N) is 1. The van der Waals surface area contributed by atoms with Gasteiger partial charge in [-0.05, 0) is 17.7 Å². The van der Waals surface area contributed by atoms with E-state index < -0.39 is 17.5 Å². The fraction of sp³-hybridized carbons (Fsp3) is 0.154. The summed E-state index contributed by atoms with van der Waals surface area (Å²) in [5.74, 6) is -2.49. The molecule has 0 radical (unpaired) electrons. The molecule has 1 amide bonds. The van der Waals surface area contributed by atoms with Crippen molar-refractivity contribution >= 4 is 5.91 Å². The predicted octanol–water partition coefficient (Wildman–Crippen LogP) is 0.416. The van der Waals surface area contributed by atoms with Crippen molar-refractivity contribution in [2.45, 2.75) is 13.1 Å². The molecule has 8 heteroatoms. The van der Waals surface area contributed by atoms with Gasteiger partial charge in [-0.2, -0.15) is 4.98 Å². The zero-order chi connectivity index (χ0) is 15.4. The van der Waals surface area contributed by atoms with Crippen LogP contribution in [0.1, 0.15) is 21.9 Å². The lowest BCUT2D eigenvalue weighted by molar-refractivity contribution is 0.0941. The normalized spacial score (nSPS) is 10.4. The summed E-state index contributed by atoms with van der Waals surface area (Å²) in [4.78, 5) is 19.2. The van der Waals surface area contributed by atoms with Gasteiger partial charge in [0.1, 0.15) is 11.6 Å². The minimum absolute atomic E-state index is 0.0252. The van der Waals surface area contributed by atoms with Crippen molar-refractivity contribution in [1.82, 2.24) is 15.3 Å². The summed E-state index contributed by atoms with van der Waals surface area (Å²) in [5, 5.41) is 21.5. The van der Waals surface area contributed by atoms with Crippen molar-refractivity contribution in [2.75, 3.05) is 0 Å². The topological polar surface area (TPSA) is 121 Å². The van der Waals surface area contributed by atoms with E-state index in [2.05, 4.69) is 15.3 Å². The Labute approximate surface area is 119 Å². The second kappa shape index (κ2) is 6.14. The number of hydrogen-bond acceptors (Lipinski definition) is 6. The number of carbonyl (C=O) groups excluding carboxylic acids is 1. The third-order valence-electron chi connectivity index (χ3n) is 2.68. The van der Waals surface area contributed by atoms with Crippen LogP contribution in [0.4, 0.5) is 4.39 Å². The van der Waals surface area contributed by atoms with Crippen LogP contribution in [0.15, 0.2) is 24.3 Å². The molecule has 0 aliphatic carbocycles. The first kappa shape index (κ1) is 14.7. The van der Waals surface area contributed by atoms with E-state index in [-0.39, 0.29) is 30.4 Å². The molecule has 21 heavy (non-hydrogen) atoms. The number of aromatic hydroxyl groups is 2. The van der Waals surface area contributed by atoms with Gasteiger partial charge < -0.3 is 21.3 Å². The first-order valence-corrected chi connectivity index (χ1v) is 6.03. The number of rotatable bonds is 4. The molecule has 0 bridgehead atoms. The number of halogens is 1. The van der Waals surface area contributed by atoms with Crippen LogP contribution in [0.25, 0.3) is 0 Å². The molecular formula is C13H13FN4O3. The van der Waals surface area contributed by atoms with E-state index in [1.54, 1.807) is 0 Å². The van der Waals surface area contributed by atoms with Crippen LogP contribution < -0.4 is 11.1 Å². The maximum absolute atomic E-state index is 12.8. The van der Waals surface area contributed by atoms with Crippen LogP contribution in [0, 0.1) is 5.82 Å². The summed E-state index contributed by atoms with van der Waals surface area (Å²) in [6.45, 7) is 0.0212. The van der Waals surface area contributed by atoms with Crippen LogP contribution >= 0.6 is 0 Å². The highest BCUT2D eigenvalue weighted by molar-refractivity contribution is 5.95. The summed E-state index contributed by atoms with van der Waals surface area (Å²) >= 11 is 0. The average Bonchev–Trinajstić information content (AvgIpc) is 2.49. The SMILES string of the molecule is NCc1nc(O)c(O)c(C(=O)NCc2ccc(F)cc2)n1. The number of benzene rings is 1. The molecule has 0 aliphatic rings. The number of carbonyl (C=O) groups is 1.